The zero-order chi connectivity index (χ0) is 22.7. The molecule has 3 aromatic carbocycles. The first-order valence-corrected chi connectivity index (χ1v) is 11.7. The fraction of sp³-hybridized carbons (Fsp3) is 0.143. The molecule has 162 valence electrons. The van der Waals surface area contributed by atoms with E-state index in [4.69, 9.17) is 23.2 Å². The highest BCUT2D eigenvalue weighted by molar-refractivity contribution is 6.38. The largest absolute Gasteiger partial charge is 0.274 e. The summed E-state index contributed by atoms with van der Waals surface area (Å²) in [5.41, 5.74) is 4.86. The van der Waals surface area contributed by atoms with Crippen molar-refractivity contribution in [3.05, 3.63) is 118 Å². The fourth-order valence-electron chi connectivity index (χ4n) is 5.71. The number of halogens is 2. The Balaban J connectivity index is 1.49. The molecule has 2 aliphatic carbocycles. The van der Waals surface area contributed by atoms with Crippen LogP contribution in [0.1, 0.15) is 11.1 Å². The Morgan fingerprint density at radius 2 is 1.21 bits per heavy atom. The van der Waals surface area contributed by atoms with Crippen LogP contribution in [0.25, 0.3) is 5.57 Å². The zero-order valence-electron chi connectivity index (χ0n) is 17.5. The van der Waals surface area contributed by atoms with Gasteiger partial charge in [0.25, 0.3) is 0 Å². The van der Waals surface area contributed by atoms with Crippen LogP contribution in [0.3, 0.4) is 0 Å². The van der Waals surface area contributed by atoms with E-state index in [9.17, 15) is 9.59 Å². The van der Waals surface area contributed by atoms with Gasteiger partial charge >= 0.3 is 0 Å². The molecule has 1 saturated heterocycles. The van der Waals surface area contributed by atoms with Gasteiger partial charge in [0, 0.05) is 16.9 Å². The van der Waals surface area contributed by atoms with Crippen molar-refractivity contribution in [3.8, 4) is 0 Å². The highest BCUT2D eigenvalue weighted by Gasteiger charge is 2.62. The summed E-state index contributed by atoms with van der Waals surface area (Å²) >= 11 is 12.4. The fourth-order valence-corrected chi connectivity index (χ4v) is 6.20. The van der Waals surface area contributed by atoms with Crippen molar-refractivity contribution >= 4 is 46.3 Å². The van der Waals surface area contributed by atoms with Gasteiger partial charge in [0.1, 0.15) is 0 Å². The molecule has 3 aromatic rings. The number of carbonyl (C=O) groups excluding carboxylic acids is 2. The molecule has 2 bridgehead atoms. The third-order valence-corrected chi connectivity index (χ3v) is 7.52. The highest BCUT2D eigenvalue weighted by atomic mass is 35.5. The first kappa shape index (κ1) is 20.5. The van der Waals surface area contributed by atoms with Crippen LogP contribution in [0.4, 0.5) is 5.69 Å². The van der Waals surface area contributed by atoms with Crippen LogP contribution in [0.5, 0.6) is 0 Å². The Labute approximate surface area is 201 Å². The smallest absolute Gasteiger partial charge is 0.238 e. The second kappa shape index (κ2) is 7.72. The van der Waals surface area contributed by atoms with Gasteiger partial charge < -0.3 is 0 Å². The van der Waals surface area contributed by atoms with Gasteiger partial charge in [-0.3, -0.25) is 9.59 Å². The van der Waals surface area contributed by atoms with Gasteiger partial charge in [-0.1, -0.05) is 96.0 Å². The third kappa shape index (κ3) is 3.03. The quantitative estimate of drug-likeness (QED) is 0.326. The van der Waals surface area contributed by atoms with Crippen LogP contribution < -0.4 is 4.90 Å². The summed E-state index contributed by atoms with van der Waals surface area (Å²) in [6, 6.07) is 25.3. The van der Waals surface area contributed by atoms with E-state index in [0.29, 0.717) is 15.7 Å². The first-order chi connectivity index (χ1) is 16.1. The van der Waals surface area contributed by atoms with E-state index in [2.05, 4.69) is 36.4 Å². The van der Waals surface area contributed by atoms with E-state index in [0.717, 1.165) is 22.3 Å². The summed E-state index contributed by atoms with van der Waals surface area (Å²) in [4.78, 5) is 28.5. The number of rotatable bonds is 3. The van der Waals surface area contributed by atoms with E-state index < -0.39 is 11.8 Å². The molecule has 3 nitrogen and oxygen atoms in total. The average molecular weight is 472 g/mol. The molecule has 0 aromatic heterocycles. The van der Waals surface area contributed by atoms with Crippen LogP contribution >= 0.6 is 23.2 Å². The second-order valence-electron chi connectivity index (χ2n) is 8.66. The van der Waals surface area contributed by atoms with E-state index in [1.807, 2.05) is 36.4 Å². The van der Waals surface area contributed by atoms with Crippen LogP contribution in [-0.2, 0) is 9.59 Å². The van der Waals surface area contributed by atoms with Crippen molar-refractivity contribution in [3.63, 3.8) is 0 Å². The molecule has 0 N–H and O–H groups in total. The number of amides is 2. The van der Waals surface area contributed by atoms with Crippen molar-refractivity contribution in [1.82, 2.24) is 0 Å². The van der Waals surface area contributed by atoms with Crippen molar-refractivity contribution in [1.29, 1.82) is 0 Å². The van der Waals surface area contributed by atoms with Crippen molar-refractivity contribution < 1.29 is 9.59 Å². The molecule has 6 rings (SSSR count). The van der Waals surface area contributed by atoms with Crippen molar-refractivity contribution in [2.45, 2.75) is 0 Å². The van der Waals surface area contributed by atoms with Gasteiger partial charge in [0.15, 0.2) is 0 Å². The van der Waals surface area contributed by atoms with Gasteiger partial charge in [-0.2, -0.15) is 0 Å². The third-order valence-electron chi connectivity index (χ3n) is 6.98. The molecule has 4 atom stereocenters. The summed E-state index contributed by atoms with van der Waals surface area (Å²) in [5.74, 6) is -1.47. The Morgan fingerprint density at radius 3 is 1.70 bits per heavy atom. The number of benzene rings is 3. The molecule has 3 aliphatic rings. The SMILES string of the molecule is O=C1[C@H]2[C@H](C(=O)N1c1ccc(Cl)cc1Cl)[C@H]1C=C[C@H]2C1=C(c1ccccc1)c1ccccc1. The maximum Gasteiger partial charge on any atom is 0.238 e. The predicted octanol–water partition coefficient (Wildman–Crippen LogP) is 6.42. The molecular weight excluding hydrogens is 453 g/mol. The molecule has 1 saturated carbocycles. The lowest BCUT2D eigenvalue weighted by atomic mass is 9.85. The molecule has 0 spiro atoms. The molecule has 33 heavy (non-hydrogen) atoms. The summed E-state index contributed by atoms with van der Waals surface area (Å²) in [6.45, 7) is 0. The van der Waals surface area contributed by atoms with Crippen LogP contribution in [0, 0.1) is 23.7 Å². The lowest BCUT2D eigenvalue weighted by Crippen LogP contribution is -2.33. The number of carbonyl (C=O) groups is 2. The molecular formula is C28H19Cl2NO2. The molecule has 1 aliphatic heterocycles. The topological polar surface area (TPSA) is 37.4 Å². The number of allylic oxidation sites excluding steroid dienone is 3. The molecule has 2 fully saturated rings. The summed E-state index contributed by atoms with van der Waals surface area (Å²) in [5, 5.41) is 0.764. The lowest BCUT2D eigenvalue weighted by molar-refractivity contribution is -0.122. The number of fused-ring (bicyclic) bond motifs is 5. The monoisotopic (exact) mass is 471 g/mol. The van der Waals surface area contributed by atoms with Gasteiger partial charge in [0.05, 0.1) is 22.5 Å². The van der Waals surface area contributed by atoms with E-state index in [1.165, 1.54) is 4.90 Å². The minimum absolute atomic E-state index is 0.122. The standard InChI is InChI=1S/C28H19Cl2NO2/c29-18-11-14-22(21(30)15-18)31-27(32)25-19-12-13-20(26(25)28(31)33)24(19)23(16-7-3-1-4-8-16)17-9-5-2-6-10-17/h1-15,19-20,25-26H/t19-,20-,25+,26+/m0/s1. The average Bonchev–Trinajstić information content (AvgIpc) is 3.46. The zero-order valence-corrected chi connectivity index (χ0v) is 19.0. The van der Waals surface area contributed by atoms with E-state index in [-0.39, 0.29) is 23.7 Å². The maximum absolute atomic E-state index is 13.6. The van der Waals surface area contributed by atoms with Crippen molar-refractivity contribution in [2.75, 3.05) is 4.90 Å². The summed E-state index contributed by atoms with van der Waals surface area (Å²) < 4.78 is 0. The van der Waals surface area contributed by atoms with Gasteiger partial charge in [-0.25, -0.2) is 4.90 Å². The molecule has 0 unspecified atom stereocenters. The Kier molecular flexibility index (Phi) is 4.79. The normalized spacial score (nSPS) is 25.2. The maximum atomic E-state index is 13.6. The molecule has 5 heteroatoms. The summed E-state index contributed by atoms with van der Waals surface area (Å²) in [7, 11) is 0. The van der Waals surface area contributed by atoms with E-state index in [1.54, 1.807) is 18.2 Å². The molecule has 0 radical (unpaired) electrons. The van der Waals surface area contributed by atoms with Crippen molar-refractivity contribution in [2.24, 2.45) is 23.7 Å². The Morgan fingerprint density at radius 1 is 0.697 bits per heavy atom. The van der Waals surface area contributed by atoms with E-state index >= 15 is 0 Å². The number of imide groups is 1. The van der Waals surface area contributed by atoms with Gasteiger partial charge in [-0.15, -0.1) is 0 Å². The molecule has 1 heterocycles. The van der Waals surface area contributed by atoms with Crippen LogP contribution in [0.15, 0.2) is 96.6 Å². The minimum atomic E-state index is -0.420. The van der Waals surface area contributed by atoms with Crippen LogP contribution in [-0.4, -0.2) is 11.8 Å². The lowest BCUT2D eigenvalue weighted by Gasteiger charge is -2.22. The Bertz CT molecular complexity index is 1270. The van der Waals surface area contributed by atoms with Crippen LogP contribution in [0.2, 0.25) is 10.0 Å². The molecule has 2 amide bonds. The second-order valence-corrected chi connectivity index (χ2v) is 9.50. The van der Waals surface area contributed by atoms with Gasteiger partial charge in [0.2, 0.25) is 11.8 Å². The Hall–Kier alpha value is -3.14. The number of nitrogens with zero attached hydrogens (tertiary/aromatic N) is 1. The first-order valence-electron chi connectivity index (χ1n) is 10.9. The summed E-state index contributed by atoms with van der Waals surface area (Å²) in [6.07, 6.45) is 4.20. The highest BCUT2D eigenvalue weighted by Crippen LogP contribution is 2.59. The number of hydrogen-bond acceptors (Lipinski definition) is 2. The predicted molar refractivity (Wildman–Crippen MR) is 131 cm³/mol. The minimum Gasteiger partial charge on any atom is -0.274 e. The van der Waals surface area contributed by atoms with Gasteiger partial charge in [-0.05, 0) is 40.5 Å². The number of anilines is 1. The number of hydrogen-bond donors (Lipinski definition) is 0.